The van der Waals surface area contributed by atoms with Crippen LogP contribution < -0.4 is 16.0 Å². The van der Waals surface area contributed by atoms with Crippen LogP contribution in [-0.4, -0.2) is 19.1 Å². The molecular formula is C11H15N3O. The molecule has 0 bridgehead atoms. The molecule has 0 unspecified atom stereocenters. The maximum atomic E-state index is 11.5. The van der Waals surface area contributed by atoms with E-state index < -0.39 is 0 Å². The summed E-state index contributed by atoms with van der Waals surface area (Å²) in [5.74, 6) is 0. The van der Waals surface area contributed by atoms with Gasteiger partial charge >= 0.3 is 6.03 Å². The van der Waals surface area contributed by atoms with E-state index in [0.29, 0.717) is 13.1 Å². The minimum atomic E-state index is -0.0210. The fourth-order valence-corrected chi connectivity index (χ4v) is 1.77. The highest BCUT2D eigenvalue weighted by Crippen LogP contribution is 2.22. The Kier molecular flexibility index (Phi) is 2.60. The number of hydrogen-bond acceptors (Lipinski definition) is 2. The smallest absolute Gasteiger partial charge is 0.322 e. The lowest BCUT2D eigenvalue weighted by atomic mass is 10.1. The summed E-state index contributed by atoms with van der Waals surface area (Å²) in [6.07, 6.45) is 0. The summed E-state index contributed by atoms with van der Waals surface area (Å²) in [6.45, 7) is 3.95. The lowest BCUT2D eigenvalue weighted by Gasteiger charge is -2.17. The van der Waals surface area contributed by atoms with Gasteiger partial charge in [-0.05, 0) is 24.1 Å². The van der Waals surface area contributed by atoms with E-state index in [4.69, 9.17) is 5.73 Å². The molecule has 0 atom stereocenters. The molecule has 0 radical (unpaired) electrons. The van der Waals surface area contributed by atoms with Crippen molar-refractivity contribution in [2.45, 2.75) is 13.5 Å². The zero-order valence-corrected chi connectivity index (χ0v) is 8.79. The van der Waals surface area contributed by atoms with Gasteiger partial charge in [0, 0.05) is 25.3 Å². The van der Waals surface area contributed by atoms with Crippen molar-refractivity contribution in [2.75, 3.05) is 18.0 Å². The topological polar surface area (TPSA) is 58.4 Å². The van der Waals surface area contributed by atoms with E-state index in [0.717, 1.165) is 23.4 Å². The van der Waals surface area contributed by atoms with Gasteiger partial charge in [0.1, 0.15) is 0 Å². The number of aryl methyl sites for hydroxylation is 1. The number of hydrogen-bond donors (Lipinski definition) is 2. The van der Waals surface area contributed by atoms with Crippen molar-refractivity contribution in [1.82, 2.24) is 5.32 Å². The van der Waals surface area contributed by atoms with Crippen molar-refractivity contribution >= 4 is 11.7 Å². The van der Waals surface area contributed by atoms with Crippen LogP contribution in [0.15, 0.2) is 18.2 Å². The molecule has 1 aliphatic heterocycles. The molecule has 1 saturated heterocycles. The average Bonchev–Trinajstić information content (AvgIpc) is 2.65. The van der Waals surface area contributed by atoms with Crippen LogP contribution in [0, 0.1) is 6.92 Å². The molecular weight excluding hydrogens is 190 g/mol. The first-order valence-electron chi connectivity index (χ1n) is 5.07. The van der Waals surface area contributed by atoms with Crippen molar-refractivity contribution in [2.24, 2.45) is 5.73 Å². The average molecular weight is 205 g/mol. The van der Waals surface area contributed by atoms with Crippen LogP contribution in [0.1, 0.15) is 11.1 Å². The Labute approximate surface area is 89.1 Å². The number of anilines is 1. The summed E-state index contributed by atoms with van der Waals surface area (Å²) in [6, 6.07) is 5.96. The van der Waals surface area contributed by atoms with E-state index in [1.807, 2.05) is 25.1 Å². The van der Waals surface area contributed by atoms with Crippen LogP contribution in [0.25, 0.3) is 0 Å². The maximum absolute atomic E-state index is 11.5. The minimum Gasteiger partial charge on any atom is -0.336 e. The largest absolute Gasteiger partial charge is 0.336 e. The molecule has 2 amide bonds. The van der Waals surface area contributed by atoms with Gasteiger partial charge < -0.3 is 11.1 Å². The summed E-state index contributed by atoms with van der Waals surface area (Å²) in [5, 5.41) is 2.79. The predicted octanol–water partition coefficient (Wildman–Crippen LogP) is 0.983. The number of rotatable bonds is 2. The van der Waals surface area contributed by atoms with E-state index in [2.05, 4.69) is 5.32 Å². The van der Waals surface area contributed by atoms with Gasteiger partial charge in [0.25, 0.3) is 0 Å². The van der Waals surface area contributed by atoms with E-state index in [1.54, 1.807) is 4.90 Å². The molecule has 1 aromatic rings. The Morgan fingerprint density at radius 3 is 2.93 bits per heavy atom. The summed E-state index contributed by atoms with van der Waals surface area (Å²) >= 11 is 0. The first-order chi connectivity index (χ1) is 7.22. The van der Waals surface area contributed by atoms with Gasteiger partial charge in [-0.25, -0.2) is 4.79 Å². The summed E-state index contributed by atoms with van der Waals surface area (Å²) in [7, 11) is 0. The fourth-order valence-electron chi connectivity index (χ4n) is 1.77. The van der Waals surface area contributed by atoms with Crippen molar-refractivity contribution in [3.8, 4) is 0 Å². The number of urea groups is 1. The van der Waals surface area contributed by atoms with Crippen molar-refractivity contribution in [3.63, 3.8) is 0 Å². The molecule has 0 saturated carbocycles. The first-order valence-corrected chi connectivity index (χ1v) is 5.07. The van der Waals surface area contributed by atoms with Crippen molar-refractivity contribution in [1.29, 1.82) is 0 Å². The number of nitrogens with two attached hydrogens (primary N) is 1. The molecule has 0 spiro atoms. The van der Waals surface area contributed by atoms with Gasteiger partial charge in [0.2, 0.25) is 0 Å². The fraction of sp³-hybridized carbons (Fsp3) is 0.364. The quantitative estimate of drug-likeness (QED) is 0.756. The number of nitrogens with zero attached hydrogens (tertiary/aromatic N) is 1. The molecule has 4 nitrogen and oxygen atoms in total. The molecule has 1 fully saturated rings. The van der Waals surface area contributed by atoms with Gasteiger partial charge in [-0.15, -0.1) is 0 Å². The lowest BCUT2D eigenvalue weighted by Crippen LogP contribution is -2.28. The van der Waals surface area contributed by atoms with Gasteiger partial charge in [-0.2, -0.15) is 0 Å². The lowest BCUT2D eigenvalue weighted by molar-refractivity contribution is 0.252. The Morgan fingerprint density at radius 2 is 2.33 bits per heavy atom. The standard InChI is InChI=1S/C11H15N3O/c1-8-2-3-9(7-12)6-10(8)14-5-4-13-11(14)15/h2-3,6H,4-5,7,12H2,1H3,(H,13,15). The van der Waals surface area contributed by atoms with Crippen LogP contribution in [0.2, 0.25) is 0 Å². The first kappa shape index (κ1) is 9.98. The third-order valence-corrected chi connectivity index (χ3v) is 2.66. The van der Waals surface area contributed by atoms with Crippen LogP contribution >= 0.6 is 0 Å². The summed E-state index contributed by atoms with van der Waals surface area (Å²) in [4.78, 5) is 13.3. The highest BCUT2D eigenvalue weighted by molar-refractivity contribution is 5.94. The normalized spacial score (nSPS) is 15.6. The van der Waals surface area contributed by atoms with Crippen LogP contribution in [0.3, 0.4) is 0 Å². The SMILES string of the molecule is Cc1ccc(CN)cc1N1CCNC1=O. The number of benzene rings is 1. The minimum absolute atomic E-state index is 0.0210. The molecule has 1 aliphatic rings. The number of amides is 2. The van der Waals surface area contributed by atoms with E-state index in [-0.39, 0.29) is 6.03 Å². The van der Waals surface area contributed by atoms with E-state index >= 15 is 0 Å². The Bertz CT molecular complexity index is 389. The molecule has 0 aliphatic carbocycles. The van der Waals surface area contributed by atoms with Crippen LogP contribution in [0.5, 0.6) is 0 Å². The van der Waals surface area contributed by atoms with Gasteiger partial charge in [-0.3, -0.25) is 4.90 Å². The molecule has 15 heavy (non-hydrogen) atoms. The number of nitrogens with one attached hydrogen (secondary N) is 1. The van der Waals surface area contributed by atoms with E-state index in [9.17, 15) is 4.79 Å². The molecule has 1 aromatic carbocycles. The molecule has 80 valence electrons. The monoisotopic (exact) mass is 205 g/mol. The maximum Gasteiger partial charge on any atom is 0.322 e. The Balaban J connectivity index is 2.37. The number of carbonyl (C=O) groups is 1. The molecule has 3 N–H and O–H groups in total. The number of carbonyl (C=O) groups excluding carboxylic acids is 1. The van der Waals surface area contributed by atoms with Gasteiger partial charge in [0.15, 0.2) is 0 Å². The molecule has 1 heterocycles. The highest BCUT2D eigenvalue weighted by Gasteiger charge is 2.22. The second-order valence-corrected chi connectivity index (χ2v) is 3.71. The van der Waals surface area contributed by atoms with Crippen LogP contribution in [0.4, 0.5) is 10.5 Å². The third-order valence-electron chi connectivity index (χ3n) is 2.66. The second kappa shape index (κ2) is 3.90. The van der Waals surface area contributed by atoms with Gasteiger partial charge in [0.05, 0.1) is 0 Å². The van der Waals surface area contributed by atoms with Crippen molar-refractivity contribution in [3.05, 3.63) is 29.3 Å². The second-order valence-electron chi connectivity index (χ2n) is 3.71. The molecule has 0 aromatic heterocycles. The Morgan fingerprint density at radius 1 is 1.53 bits per heavy atom. The van der Waals surface area contributed by atoms with Gasteiger partial charge in [-0.1, -0.05) is 12.1 Å². The van der Waals surface area contributed by atoms with E-state index in [1.165, 1.54) is 0 Å². The van der Waals surface area contributed by atoms with Crippen LogP contribution in [-0.2, 0) is 6.54 Å². The molecule has 2 rings (SSSR count). The predicted molar refractivity (Wildman–Crippen MR) is 59.8 cm³/mol. The highest BCUT2D eigenvalue weighted by atomic mass is 16.2. The zero-order valence-electron chi connectivity index (χ0n) is 8.79. The summed E-state index contributed by atoms with van der Waals surface area (Å²) in [5.41, 5.74) is 8.70. The third kappa shape index (κ3) is 1.80. The van der Waals surface area contributed by atoms with Crippen molar-refractivity contribution < 1.29 is 4.79 Å². The summed E-state index contributed by atoms with van der Waals surface area (Å²) < 4.78 is 0. The molecule has 4 heteroatoms. The Hall–Kier alpha value is -1.55. The zero-order chi connectivity index (χ0) is 10.8.